The lowest BCUT2D eigenvalue weighted by molar-refractivity contribution is 0.1000. The number of pyridine rings is 1. The number of hydrogen-bond donors (Lipinski definition) is 2. The van der Waals surface area contributed by atoms with E-state index in [4.69, 9.17) is 5.73 Å². The van der Waals surface area contributed by atoms with Crippen LogP contribution in [0.25, 0.3) is 0 Å². The largest absolute Gasteiger partial charge is 0.366 e. The smallest absolute Gasteiger partial charge is 0.248 e. The summed E-state index contributed by atoms with van der Waals surface area (Å²) in [4.78, 5) is 18.3. The standard InChI is InChI=1S/C20H26N4O/c21-20(25)17-8-6-16(7-9-17)14-24(15-18-4-1-2-12-23-18)19-5-3-11-22-13-10-19/h1-2,4,6-9,12,19,22H,3,5,10-11,13-15H2,(H2,21,25). The molecule has 132 valence electrons. The lowest BCUT2D eigenvalue weighted by atomic mass is 10.0. The van der Waals surface area contributed by atoms with Gasteiger partial charge in [0, 0.05) is 30.9 Å². The van der Waals surface area contributed by atoms with Gasteiger partial charge in [0.05, 0.1) is 5.69 Å². The van der Waals surface area contributed by atoms with Crippen LogP contribution in [0.4, 0.5) is 0 Å². The zero-order chi connectivity index (χ0) is 17.5. The van der Waals surface area contributed by atoms with Crippen molar-refractivity contribution < 1.29 is 4.79 Å². The lowest BCUT2D eigenvalue weighted by Gasteiger charge is -2.31. The summed E-state index contributed by atoms with van der Waals surface area (Å²) >= 11 is 0. The normalized spacial score (nSPS) is 18.0. The van der Waals surface area contributed by atoms with Gasteiger partial charge in [-0.2, -0.15) is 0 Å². The van der Waals surface area contributed by atoms with E-state index in [1.807, 2.05) is 42.6 Å². The molecule has 0 radical (unpaired) electrons. The van der Waals surface area contributed by atoms with Crippen molar-refractivity contribution in [1.82, 2.24) is 15.2 Å². The highest BCUT2D eigenvalue weighted by atomic mass is 16.1. The van der Waals surface area contributed by atoms with E-state index in [0.717, 1.165) is 38.3 Å². The highest BCUT2D eigenvalue weighted by molar-refractivity contribution is 5.92. The van der Waals surface area contributed by atoms with Gasteiger partial charge < -0.3 is 11.1 Å². The molecule has 5 nitrogen and oxygen atoms in total. The summed E-state index contributed by atoms with van der Waals surface area (Å²) < 4.78 is 0. The van der Waals surface area contributed by atoms with E-state index in [1.165, 1.54) is 18.4 Å². The van der Waals surface area contributed by atoms with E-state index in [9.17, 15) is 4.79 Å². The van der Waals surface area contributed by atoms with Gasteiger partial charge in [0.15, 0.2) is 0 Å². The number of amides is 1. The number of nitrogens with one attached hydrogen (secondary N) is 1. The van der Waals surface area contributed by atoms with Crippen molar-refractivity contribution in [3.63, 3.8) is 0 Å². The van der Waals surface area contributed by atoms with E-state index in [1.54, 1.807) is 0 Å². The van der Waals surface area contributed by atoms with Crippen molar-refractivity contribution in [2.75, 3.05) is 13.1 Å². The maximum Gasteiger partial charge on any atom is 0.248 e. The van der Waals surface area contributed by atoms with Crippen LogP contribution in [0, 0.1) is 0 Å². The second-order valence-electron chi connectivity index (χ2n) is 6.62. The number of carbonyl (C=O) groups is 1. The number of hydrogen-bond acceptors (Lipinski definition) is 4. The molecular formula is C20H26N4O. The Hall–Kier alpha value is -2.24. The zero-order valence-corrected chi connectivity index (χ0v) is 14.5. The highest BCUT2D eigenvalue weighted by Gasteiger charge is 2.21. The Balaban J connectivity index is 1.75. The van der Waals surface area contributed by atoms with Crippen LogP contribution >= 0.6 is 0 Å². The summed E-state index contributed by atoms with van der Waals surface area (Å²) in [5.74, 6) is -0.383. The third-order valence-electron chi connectivity index (χ3n) is 4.78. The first-order valence-corrected chi connectivity index (χ1v) is 8.96. The Morgan fingerprint density at radius 3 is 2.68 bits per heavy atom. The Morgan fingerprint density at radius 1 is 1.12 bits per heavy atom. The quantitative estimate of drug-likeness (QED) is 0.848. The van der Waals surface area contributed by atoms with Crippen LogP contribution in [-0.2, 0) is 13.1 Å². The molecule has 0 aliphatic carbocycles. The Morgan fingerprint density at radius 2 is 1.96 bits per heavy atom. The number of rotatable bonds is 6. The third-order valence-corrected chi connectivity index (χ3v) is 4.78. The molecule has 1 fully saturated rings. The molecule has 1 saturated heterocycles. The minimum Gasteiger partial charge on any atom is -0.366 e. The average Bonchev–Trinajstić information content (AvgIpc) is 2.92. The topological polar surface area (TPSA) is 71.2 Å². The van der Waals surface area contributed by atoms with Gasteiger partial charge in [-0.25, -0.2) is 0 Å². The predicted octanol–water partition coefficient (Wildman–Crippen LogP) is 2.32. The number of carbonyl (C=O) groups excluding carboxylic acids is 1. The maximum absolute atomic E-state index is 11.3. The van der Waals surface area contributed by atoms with Crippen LogP contribution in [0.15, 0.2) is 48.7 Å². The van der Waals surface area contributed by atoms with Gasteiger partial charge in [-0.1, -0.05) is 18.2 Å². The second-order valence-corrected chi connectivity index (χ2v) is 6.62. The summed E-state index contributed by atoms with van der Waals surface area (Å²) in [6.45, 7) is 3.84. The van der Waals surface area contributed by atoms with Gasteiger partial charge in [-0.3, -0.25) is 14.7 Å². The molecule has 3 N–H and O–H groups in total. The first-order valence-electron chi connectivity index (χ1n) is 8.96. The van der Waals surface area contributed by atoms with E-state index in [-0.39, 0.29) is 5.91 Å². The van der Waals surface area contributed by atoms with Gasteiger partial charge in [0.1, 0.15) is 0 Å². The van der Waals surface area contributed by atoms with Crippen LogP contribution in [0.1, 0.15) is 40.9 Å². The van der Waals surface area contributed by atoms with Crippen molar-refractivity contribution >= 4 is 5.91 Å². The molecule has 5 heteroatoms. The molecule has 1 aromatic heterocycles. The van der Waals surface area contributed by atoms with Crippen LogP contribution in [0.2, 0.25) is 0 Å². The SMILES string of the molecule is NC(=O)c1ccc(CN(Cc2ccccn2)C2CCCNCC2)cc1. The summed E-state index contributed by atoms with van der Waals surface area (Å²) in [6, 6.07) is 14.2. The van der Waals surface area contributed by atoms with E-state index in [0.29, 0.717) is 11.6 Å². The first-order chi connectivity index (χ1) is 12.2. The van der Waals surface area contributed by atoms with Crippen molar-refractivity contribution in [2.45, 2.75) is 38.4 Å². The Kier molecular flexibility index (Phi) is 6.14. The molecule has 1 aliphatic heterocycles. The van der Waals surface area contributed by atoms with Crippen molar-refractivity contribution in [3.8, 4) is 0 Å². The number of nitrogens with two attached hydrogens (primary N) is 1. The molecule has 1 atom stereocenters. The summed E-state index contributed by atoms with van der Waals surface area (Å²) in [6.07, 6.45) is 5.39. The summed E-state index contributed by atoms with van der Waals surface area (Å²) in [5.41, 5.74) is 8.18. The number of nitrogens with zero attached hydrogens (tertiary/aromatic N) is 2. The van der Waals surface area contributed by atoms with Crippen molar-refractivity contribution in [1.29, 1.82) is 0 Å². The molecule has 0 saturated carbocycles. The summed E-state index contributed by atoms with van der Waals surface area (Å²) in [5, 5.41) is 3.49. The van der Waals surface area contributed by atoms with Gasteiger partial charge in [-0.05, 0) is 62.2 Å². The van der Waals surface area contributed by atoms with Gasteiger partial charge in [0.2, 0.25) is 5.91 Å². The van der Waals surface area contributed by atoms with Gasteiger partial charge in [0.25, 0.3) is 0 Å². The van der Waals surface area contributed by atoms with E-state index < -0.39 is 0 Å². The Labute approximate surface area is 149 Å². The monoisotopic (exact) mass is 338 g/mol. The van der Waals surface area contributed by atoms with Crippen molar-refractivity contribution in [3.05, 3.63) is 65.5 Å². The first kappa shape index (κ1) is 17.6. The average molecular weight is 338 g/mol. The number of benzene rings is 1. The molecule has 1 aliphatic rings. The fraction of sp³-hybridized carbons (Fsp3) is 0.400. The second kappa shape index (κ2) is 8.74. The summed E-state index contributed by atoms with van der Waals surface area (Å²) in [7, 11) is 0. The molecule has 0 spiro atoms. The van der Waals surface area contributed by atoms with E-state index >= 15 is 0 Å². The Bertz CT molecular complexity index is 664. The fourth-order valence-corrected chi connectivity index (χ4v) is 3.39. The van der Waals surface area contributed by atoms with Crippen molar-refractivity contribution in [2.24, 2.45) is 5.73 Å². The predicted molar refractivity (Wildman–Crippen MR) is 99.0 cm³/mol. The molecule has 2 heterocycles. The minimum absolute atomic E-state index is 0.383. The number of aromatic nitrogens is 1. The molecule has 0 bridgehead atoms. The van der Waals surface area contributed by atoms with Crippen LogP contribution in [0.3, 0.4) is 0 Å². The minimum atomic E-state index is -0.383. The lowest BCUT2D eigenvalue weighted by Crippen LogP contribution is -2.35. The van der Waals surface area contributed by atoms with E-state index in [2.05, 4.69) is 21.3 Å². The molecule has 1 aromatic carbocycles. The van der Waals surface area contributed by atoms with Crippen LogP contribution < -0.4 is 11.1 Å². The maximum atomic E-state index is 11.3. The molecular weight excluding hydrogens is 312 g/mol. The zero-order valence-electron chi connectivity index (χ0n) is 14.5. The number of primary amides is 1. The molecule has 25 heavy (non-hydrogen) atoms. The molecule has 3 rings (SSSR count). The van der Waals surface area contributed by atoms with Gasteiger partial charge in [-0.15, -0.1) is 0 Å². The van der Waals surface area contributed by atoms with Crippen LogP contribution in [-0.4, -0.2) is 34.9 Å². The molecule has 2 aromatic rings. The third kappa shape index (κ3) is 5.11. The highest BCUT2D eigenvalue weighted by Crippen LogP contribution is 2.19. The molecule has 1 unspecified atom stereocenters. The van der Waals surface area contributed by atoms with Gasteiger partial charge >= 0.3 is 0 Å². The van der Waals surface area contributed by atoms with Crippen LogP contribution in [0.5, 0.6) is 0 Å². The fourth-order valence-electron chi connectivity index (χ4n) is 3.39. The molecule has 1 amide bonds.